The molecule has 0 bridgehead atoms. The Morgan fingerprint density at radius 1 is 0.864 bits per heavy atom. The van der Waals surface area contributed by atoms with E-state index in [4.69, 9.17) is 23.2 Å². The van der Waals surface area contributed by atoms with Crippen LogP contribution in [-0.2, 0) is 6.42 Å². The fraction of sp³-hybridized carbons (Fsp3) is 0.111. The Labute approximate surface area is 139 Å². The maximum Gasteiger partial charge on any atom is 0.159 e. The monoisotopic (exact) mass is 328 g/mol. The summed E-state index contributed by atoms with van der Waals surface area (Å²) in [7, 11) is 0. The van der Waals surface area contributed by atoms with Gasteiger partial charge in [-0.1, -0.05) is 54.4 Å². The normalized spacial score (nSPS) is 10.7. The van der Waals surface area contributed by atoms with E-state index in [2.05, 4.69) is 41.2 Å². The van der Waals surface area contributed by atoms with Crippen LogP contribution in [-0.4, -0.2) is 9.97 Å². The fourth-order valence-electron chi connectivity index (χ4n) is 2.25. The summed E-state index contributed by atoms with van der Waals surface area (Å²) in [4.78, 5) is 8.95. The van der Waals surface area contributed by atoms with E-state index in [0.717, 1.165) is 23.2 Å². The van der Waals surface area contributed by atoms with Crippen LogP contribution >= 0.6 is 23.2 Å². The molecule has 0 aliphatic carbocycles. The molecule has 0 aliphatic heterocycles. The summed E-state index contributed by atoms with van der Waals surface area (Å²) in [5, 5.41) is 1.15. The van der Waals surface area contributed by atoms with Crippen molar-refractivity contribution in [2.24, 2.45) is 0 Å². The number of aryl methyl sites for hydroxylation is 1. The maximum atomic E-state index is 6.05. The van der Waals surface area contributed by atoms with E-state index < -0.39 is 0 Å². The Morgan fingerprint density at radius 3 is 2.18 bits per heavy atom. The molecular formula is C18H14Cl2N2. The van der Waals surface area contributed by atoms with Crippen molar-refractivity contribution in [2.75, 3.05) is 0 Å². The minimum absolute atomic E-state index is 0.573. The smallest absolute Gasteiger partial charge is 0.159 e. The molecule has 0 aliphatic rings. The molecule has 0 amide bonds. The number of aromatic nitrogens is 2. The molecule has 0 N–H and O–H groups in total. The average Bonchev–Trinajstić information content (AvgIpc) is 2.54. The van der Waals surface area contributed by atoms with Crippen LogP contribution in [0.25, 0.3) is 22.6 Å². The van der Waals surface area contributed by atoms with Gasteiger partial charge in [0.05, 0.1) is 5.69 Å². The zero-order chi connectivity index (χ0) is 15.5. The Balaban J connectivity index is 2.01. The maximum absolute atomic E-state index is 6.05. The van der Waals surface area contributed by atoms with Gasteiger partial charge >= 0.3 is 0 Å². The first kappa shape index (κ1) is 15.0. The summed E-state index contributed by atoms with van der Waals surface area (Å²) in [6, 6.07) is 15.6. The molecule has 2 aromatic carbocycles. The standard InChI is InChI=1S/C18H14Cl2N2/c1-2-12-3-5-13(6-4-12)17-7-8-21-18(22-17)14-9-15(19)11-16(20)10-14/h3-11H,2H2,1H3. The number of halogens is 2. The van der Waals surface area contributed by atoms with Crippen molar-refractivity contribution in [3.8, 4) is 22.6 Å². The van der Waals surface area contributed by atoms with Crippen LogP contribution in [0.1, 0.15) is 12.5 Å². The second kappa shape index (κ2) is 6.47. The van der Waals surface area contributed by atoms with Gasteiger partial charge in [0.25, 0.3) is 0 Å². The van der Waals surface area contributed by atoms with E-state index in [1.165, 1.54) is 5.56 Å². The van der Waals surface area contributed by atoms with Crippen LogP contribution in [0.15, 0.2) is 54.7 Å². The third kappa shape index (κ3) is 3.29. The number of nitrogens with zero attached hydrogens (tertiary/aromatic N) is 2. The van der Waals surface area contributed by atoms with Crippen LogP contribution in [0.3, 0.4) is 0 Å². The first-order chi connectivity index (χ1) is 10.7. The number of rotatable bonds is 3. The van der Waals surface area contributed by atoms with Crippen molar-refractivity contribution >= 4 is 23.2 Å². The highest BCUT2D eigenvalue weighted by Gasteiger charge is 2.07. The predicted octanol–water partition coefficient (Wildman–Crippen LogP) is 5.68. The number of hydrogen-bond donors (Lipinski definition) is 0. The quantitative estimate of drug-likeness (QED) is 0.618. The highest BCUT2D eigenvalue weighted by atomic mass is 35.5. The fourth-order valence-corrected chi connectivity index (χ4v) is 2.78. The van der Waals surface area contributed by atoms with Crippen molar-refractivity contribution in [2.45, 2.75) is 13.3 Å². The van der Waals surface area contributed by atoms with Gasteiger partial charge in [0.1, 0.15) is 0 Å². The zero-order valence-electron chi connectivity index (χ0n) is 12.1. The van der Waals surface area contributed by atoms with E-state index in [9.17, 15) is 0 Å². The van der Waals surface area contributed by atoms with Gasteiger partial charge in [-0.2, -0.15) is 0 Å². The molecule has 0 fully saturated rings. The van der Waals surface area contributed by atoms with Gasteiger partial charge in [-0.25, -0.2) is 9.97 Å². The van der Waals surface area contributed by atoms with Crippen molar-refractivity contribution in [1.82, 2.24) is 9.97 Å². The summed E-state index contributed by atoms with van der Waals surface area (Å²) < 4.78 is 0. The van der Waals surface area contributed by atoms with E-state index >= 15 is 0 Å². The van der Waals surface area contributed by atoms with Crippen molar-refractivity contribution in [3.63, 3.8) is 0 Å². The van der Waals surface area contributed by atoms with E-state index in [0.29, 0.717) is 15.9 Å². The summed E-state index contributed by atoms with van der Waals surface area (Å²) in [5.41, 5.74) is 4.06. The molecule has 0 saturated heterocycles. The minimum atomic E-state index is 0.573. The molecular weight excluding hydrogens is 315 g/mol. The molecule has 22 heavy (non-hydrogen) atoms. The summed E-state index contributed by atoms with van der Waals surface area (Å²) >= 11 is 12.1. The lowest BCUT2D eigenvalue weighted by atomic mass is 10.1. The van der Waals surface area contributed by atoms with E-state index in [1.54, 1.807) is 12.3 Å². The van der Waals surface area contributed by atoms with Gasteiger partial charge in [0.2, 0.25) is 0 Å². The third-order valence-electron chi connectivity index (χ3n) is 3.43. The third-order valence-corrected chi connectivity index (χ3v) is 3.87. The molecule has 1 aromatic heterocycles. The average molecular weight is 329 g/mol. The van der Waals surface area contributed by atoms with Crippen molar-refractivity contribution < 1.29 is 0 Å². The largest absolute Gasteiger partial charge is 0.237 e. The summed E-state index contributed by atoms with van der Waals surface area (Å²) in [6.07, 6.45) is 2.77. The van der Waals surface area contributed by atoms with Crippen molar-refractivity contribution in [3.05, 3.63) is 70.3 Å². The lowest BCUT2D eigenvalue weighted by Gasteiger charge is -2.06. The Kier molecular flexibility index (Phi) is 4.41. The van der Waals surface area contributed by atoms with Crippen LogP contribution < -0.4 is 0 Å². The van der Waals surface area contributed by atoms with Gasteiger partial charge in [-0.15, -0.1) is 0 Å². The van der Waals surface area contributed by atoms with Crippen LogP contribution in [0.5, 0.6) is 0 Å². The molecule has 1 heterocycles. The number of benzene rings is 2. The molecule has 0 spiro atoms. The zero-order valence-corrected chi connectivity index (χ0v) is 13.6. The SMILES string of the molecule is CCc1ccc(-c2ccnc(-c3cc(Cl)cc(Cl)c3)n2)cc1. The van der Waals surface area contributed by atoms with Gasteiger partial charge in [0, 0.05) is 27.4 Å². The Hall–Kier alpha value is -1.90. The van der Waals surface area contributed by atoms with Gasteiger partial charge in [0.15, 0.2) is 5.82 Å². The molecule has 0 atom stereocenters. The first-order valence-electron chi connectivity index (χ1n) is 7.04. The van der Waals surface area contributed by atoms with Crippen LogP contribution in [0.4, 0.5) is 0 Å². The van der Waals surface area contributed by atoms with Crippen molar-refractivity contribution in [1.29, 1.82) is 0 Å². The highest BCUT2D eigenvalue weighted by Crippen LogP contribution is 2.26. The lowest BCUT2D eigenvalue weighted by Crippen LogP contribution is -1.92. The number of hydrogen-bond acceptors (Lipinski definition) is 2. The Bertz CT molecular complexity index is 778. The van der Waals surface area contributed by atoms with Gasteiger partial charge in [-0.05, 0) is 36.2 Å². The molecule has 2 nitrogen and oxygen atoms in total. The van der Waals surface area contributed by atoms with Crippen LogP contribution in [0, 0.1) is 0 Å². The summed E-state index contributed by atoms with van der Waals surface area (Å²) in [5.74, 6) is 0.612. The molecule has 0 unspecified atom stereocenters. The van der Waals surface area contributed by atoms with Gasteiger partial charge < -0.3 is 0 Å². The van der Waals surface area contributed by atoms with E-state index in [-0.39, 0.29) is 0 Å². The highest BCUT2D eigenvalue weighted by molar-refractivity contribution is 6.35. The molecule has 0 saturated carbocycles. The topological polar surface area (TPSA) is 25.8 Å². The van der Waals surface area contributed by atoms with Gasteiger partial charge in [-0.3, -0.25) is 0 Å². The molecule has 3 aromatic rings. The first-order valence-corrected chi connectivity index (χ1v) is 7.80. The predicted molar refractivity (Wildman–Crippen MR) is 92.3 cm³/mol. The van der Waals surface area contributed by atoms with E-state index in [1.807, 2.05) is 18.2 Å². The molecule has 4 heteroatoms. The minimum Gasteiger partial charge on any atom is -0.237 e. The molecule has 0 radical (unpaired) electrons. The lowest BCUT2D eigenvalue weighted by molar-refractivity contribution is 1.14. The Morgan fingerprint density at radius 2 is 1.55 bits per heavy atom. The summed E-state index contributed by atoms with van der Waals surface area (Å²) in [6.45, 7) is 2.14. The molecule has 110 valence electrons. The molecule has 3 rings (SSSR count). The second-order valence-electron chi connectivity index (χ2n) is 4.97. The second-order valence-corrected chi connectivity index (χ2v) is 5.85. The van der Waals surface area contributed by atoms with Crippen LogP contribution in [0.2, 0.25) is 10.0 Å².